The molecule has 1 aromatic carbocycles. The van der Waals surface area contributed by atoms with Crippen LogP contribution < -0.4 is 4.72 Å². The van der Waals surface area contributed by atoms with Gasteiger partial charge in [-0.15, -0.1) is 0 Å². The largest absolute Gasteiger partial charge is 0.452 e. The first-order chi connectivity index (χ1) is 13.1. The predicted octanol–water partition coefficient (Wildman–Crippen LogP) is 2.22. The van der Waals surface area contributed by atoms with E-state index in [1.54, 1.807) is 4.90 Å². The molecule has 156 valence electrons. The molecule has 1 fully saturated rings. The van der Waals surface area contributed by atoms with Crippen molar-refractivity contribution in [2.24, 2.45) is 0 Å². The lowest BCUT2D eigenvalue weighted by molar-refractivity contribution is -0.162. The summed E-state index contributed by atoms with van der Waals surface area (Å²) in [5.74, 6) is -1.82. The van der Waals surface area contributed by atoms with Crippen LogP contribution in [-0.4, -0.2) is 49.9 Å². The highest BCUT2D eigenvalue weighted by molar-refractivity contribution is 7.89. The van der Waals surface area contributed by atoms with Crippen molar-refractivity contribution in [1.82, 2.24) is 9.62 Å². The number of halogens is 1. The third kappa shape index (κ3) is 5.51. The number of likely N-dealkylation sites (tertiary alicyclic amines) is 1. The Kier molecular flexibility index (Phi) is 7.54. The Bertz CT molecular complexity index is 804. The van der Waals surface area contributed by atoms with E-state index in [2.05, 4.69) is 4.72 Å². The Hall–Kier alpha value is -2.00. The van der Waals surface area contributed by atoms with Crippen molar-refractivity contribution in [3.63, 3.8) is 0 Å². The van der Waals surface area contributed by atoms with Crippen molar-refractivity contribution in [2.75, 3.05) is 6.54 Å². The molecule has 1 N–H and O–H groups in total. The fraction of sp³-hybridized carbons (Fsp3) is 0.579. The van der Waals surface area contributed by atoms with Gasteiger partial charge in [-0.05, 0) is 52.2 Å². The molecule has 0 aromatic heterocycles. The van der Waals surface area contributed by atoms with Crippen molar-refractivity contribution in [1.29, 1.82) is 0 Å². The molecule has 1 saturated heterocycles. The molecule has 1 aliphatic heterocycles. The second-order valence-electron chi connectivity index (χ2n) is 7.08. The maximum Gasteiger partial charge on any atom is 0.307 e. The molecule has 7 nitrogen and oxygen atoms in total. The first kappa shape index (κ1) is 22.3. The van der Waals surface area contributed by atoms with Gasteiger partial charge in [-0.3, -0.25) is 9.59 Å². The number of benzene rings is 1. The molecular formula is C19H27FN2O5S. The van der Waals surface area contributed by atoms with Crippen LogP contribution in [0.25, 0.3) is 0 Å². The van der Waals surface area contributed by atoms with E-state index in [-0.39, 0.29) is 31.0 Å². The molecule has 0 spiro atoms. The van der Waals surface area contributed by atoms with Gasteiger partial charge in [0.1, 0.15) is 10.7 Å². The molecular weight excluding hydrogens is 387 g/mol. The Labute approximate surface area is 165 Å². The smallest absolute Gasteiger partial charge is 0.307 e. The van der Waals surface area contributed by atoms with Gasteiger partial charge in [0, 0.05) is 18.6 Å². The van der Waals surface area contributed by atoms with Crippen LogP contribution in [0.1, 0.15) is 46.5 Å². The lowest BCUT2D eigenvalue weighted by Crippen LogP contribution is -2.51. The third-order valence-corrected chi connectivity index (χ3v) is 6.35. The number of hydrogen-bond acceptors (Lipinski definition) is 5. The molecule has 0 saturated carbocycles. The van der Waals surface area contributed by atoms with Crippen molar-refractivity contribution >= 4 is 21.9 Å². The van der Waals surface area contributed by atoms with Crippen LogP contribution in [0.4, 0.5) is 4.39 Å². The highest BCUT2D eigenvalue weighted by Crippen LogP contribution is 2.23. The van der Waals surface area contributed by atoms with Gasteiger partial charge in [-0.25, -0.2) is 17.5 Å². The highest BCUT2D eigenvalue weighted by Gasteiger charge is 2.33. The van der Waals surface area contributed by atoms with Crippen molar-refractivity contribution < 1.29 is 27.1 Å². The van der Waals surface area contributed by atoms with Gasteiger partial charge in [0.25, 0.3) is 5.91 Å². The average molecular weight is 414 g/mol. The summed E-state index contributed by atoms with van der Waals surface area (Å²) < 4.78 is 45.1. The van der Waals surface area contributed by atoms with E-state index >= 15 is 0 Å². The zero-order chi connectivity index (χ0) is 20.9. The number of carbonyl (C=O) groups excluding carboxylic acids is 2. The molecule has 1 amide bonds. The Balaban J connectivity index is 1.85. The summed E-state index contributed by atoms with van der Waals surface area (Å²) in [5, 5.41) is 0. The predicted molar refractivity (Wildman–Crippen MR) is 101 cm³/mol. The van der Waals surface area contributed by atoms with E-state index in [0.29, 0.717) is 0 Å². The molecule has 0 radical (unpaired) electrons. The standard InChI is InChI=1S/C19H27FN2O5S/c1-13-7-6-8-14(2)22(13)19(24)15(3)27-18(23)11-12-21-28(25,26)17-10-5-4-9-16(17)20/h4-5,9-10,13-15,21H,6-8,11-12H2,1-3H3/t13-,14-,15-/m1/s1. The number of esters is 1. The van der Waals surface area contributed by atoms with Crippen LogP contribution in [0, 0.1) is 5.82 Å². The summed E-state index contributed by atoms with van der Waals surface area (Å²) in [5.41, 5.74) is 0. The number of nitrogens with zero attached hydrogens (tertiary/aromatic N) is 1. The van der Waals surface area contributed by atoms with E-state index in [0.717, 1.165) is 31.4 Å². The fourth-order valence-electron chi connectivity index (χ4n) is 3.40. The van der Waals surface area contributed by atoms with E-state index < -0.39 is 32.8 Å². The monoisotopic (exact) mass is 414 g/mol. The third-order valence-electron chi connectivity index (χ3n) is 4.85. The van der Waals surface area contributed by atoms with E-state index in [1.807, 2.05) is 13.8 Å². The molecule has 1 heterocycles. The Morgan fingerprint density at radius 1 is 1.25 bits per heavy atom. The zero-order valence-corrected chi connectivity index (χ0v) is 17.2. The number of piperidine rings is 1. The van der Waals surface area contributed by atoms with Crippen LogP contribution in [0.2, 0.25) is 0 Å². The Morgan fingerprint density at radius 2 is 1.86 bits per heavy atom. The lowest BCUT2D eigenvalue weighted by Gasteiger charge is -2.40. The quantitative estimate of drug-likeness (QED) is 0.691. The van der Waals surface area contributed by atoms with Crippen molar-refractivity contribution in [3.8, 4) is 0 Å². The summed E-state index contributed by atoms with van der Waals surface area (Å²) >= 11 is 0. The molecule has 0 unspecified atom stereocenters. The van der Waals surface area contributed by atoms with Gasteiger partial charge in [0.05, 0.1) is 6.42 Å². The van der Waals surface area contributed by atoms with E-state index in [4.69, 9.17) is 4.74 Å². The molecule has 9 heteroatoms. The normalized spacial score (nSPS) is 21.2. The Morgan fingerprint density at radius 3 is 2.46 bits per heavy atom. The summed E-state index contributed by atoms with van der Waals surface area (Å²) in [7, 11) is -4.07. The number of ether oxygens (including phenoxy) is 1. The van der Waals surface area contributed by atoms with Crippen LogP contribution >= 0.6 is 0 Å². The zero-order valence-electron chi connectivity index (χ0n) is 16.4. The number of carbonyl (C=O) groups is 2. The average Bonchev–Trinajstić information content (AvgIpc) is 2.61. The number of amides is 1. The summed E-state index contributed by atoms with van der Waals surface area (Å²) in [4.78, 5) is 25.9. The van der Waals surface area contributed by atoms with Gasteiger partial charge >= 0.3 is 5.97 Å². The maximum atomic E-state index is 13.6. The lowest BCUT2D eigenvalue weighted by atomic mass is 9.97. The molecule has 2 rings (SSSR count). The van der Waals surface area contributed by atoms with Crippen LogP contribution in [0.3, 0.4) is 0 Å². The van der Waals surface area contributed by atoms with Gasteiger partial charge in [-0.2, -0.15) is 0 Å². The molecule has 0 aliphatic carbocycles. The van der Waals surface area contributed by atoms with Crippen molar-refractivity contribution in [3.05, 3.63) is 30.1 Å². The summed E-state index contributed by atoms with van der Waals surface area (Å²) in [6.07, 6.45) is 1.67. The second kappa shape index (κ2) is 9.47. The first-order valence-corrected chi connectivity index (χ1v) is 10.9. The molecule has 1 aromatic rings. The SMILES string of the molecule is C[C@@H]1CCC[C@@H](C)N1C(=O)[C@@H](C)OC(=O)CCNS(=O)(=O)c1ccccc1F. The van der Waals surface area contributed by atoms with Crippen LogP contribution in [-0.2, 0) is 24.3 Å². The van der Waals surface area contributed by atoms with E-state index in [1.165, 1.54) is 19.1 Å². The highest BCUT2D eigenvalue weighted by atomic mass is 32.2. The molecule has 0 bridgehead atoms. The maximum absolute atomic E-state index is 13.6. The minimum absolute atomic E-state index is 0.0879. The summed E-state index contributed by atoms with van der Waals surface area (Å²) in [6.45, 7) is 5.20. The molecule has 3 atom stereocenters. The van der Waals surface area contributed by atoms with Gasteiger partial charge in [-0.1, -0.05) is 12.1 Å². The van der Waals surface area contributed by atoms with Crippen LogP contribution in [0.5, 0.6) is 0 Å². The molecule has 1 aliphatic rings. The number of hydrogen-bond donors (Lipinski definition) is 1. The van der Waals surface area contributed by atoms with Crippen molar-refractivity contribution in [2.45, 2.75) is 69.5 Å². The van der Waals surface area contributed by atoms with Crippen LogP contribution in [0.15, 0.2) is 29.2 Å². The summed E-state index contributed by atoms with van der Waals surface area (Å²) in [6, 6.07) is 5.14. The topological polar surface area (TPSA) is 92.8 Å². The number of sulfonamides is 1. The minimum atomic E-state index is -4.07. The number of nitrogens with one attached hydrogen (secondary N) is 1. The van der Waals surface area contributed by atoms with E-state index in [9.17, 15) is 22.4 Å². The number of rotatable bonds is 7. The van der Waals surface area contributed by atoms with Gasteiger partial charge in [0.2, 0.25) is 10.0 Å². The fourth-order valence-corrected chi connectivity index (χ4v) is 4.51. The first-order valence-electron chi connectivity index (χ1n) is 9.39. The van der Waals surface area contributed by atoms with Gasteiger partial charge in [0.15, 0.2) is 6.10 Å². The second-order valence-corrected chi connectivity index (χ2v) is 8.82. The van der Waals surface area contributed by atoms with Gasteiger partial charge < -0.3 is 9.64 Å². The minimum Gasteiger partial charge on any atom is -0.452 e. The molecule has 28 heavy (non-hydrogen) atoms.